The maximum atomic E-state index is 12.1. The van der Waals surface area contributed by atoms with Gasteiger partial charge in [0.15, 0.2) is 6.10 Å². The number of hydrogen-bond acceptors (Lipinski definition) is 5. The van der Waals surface area contributed by atoms with Crippen LogP contribution in [0.2, 0.25) is 0 Å². The molecule has 122 valence electrons. The third kappa shape index (κ3) is 2.60. The van der Waals surface area contributed by atoms with Crippen molar-refractivity contribution in [3.63, 3.8) is 0 Å². The molecule has 0 saturated heterocycles. The van der Waals surface area contributed by atoms with Crippen LogP contribution in [0.4, 0.5) is 0 Å². The van der Waals surface area contributed by atoms with E-state index in [4.69, 9.17) is 13.9 Å². The molecule has 5 nitrogen and oxygen atoms in total. The number of fused-ring (bicyclic) bond motifs is 3. The Balaban J connectivity index is 2.08. The number of ether oxygens (including phenoxy) is 2. The number of aryl methyl sites for hydroxylation is 2. The Labute approximate surface area is 134 Å². The predicted molar refractivity (Wildman–Crippen MR) is 86.0 cm³/mol. The van der Waals surface area contributed by atoms with Crippen molar-refractivity contribution < 1.29 is 18.7 Å². The zero-order valence-corrected chi connectivity index (χ0v) is 13.6. The van der Waals surface area contributed by atoms with Gasteiger partial charge in [-0.3, -0.25) is 0 Å². The molecule has 0 fully saturated rings. The van der Waals surface area contributed by atoms with Crippen molar-refractivity contribution in [2.75, 3.05) is 7.11 Å². The molecule has 0 aliphatic heterocycles. The highest BCUT2D eigenvalue weighted by Gasteiger charge is 2.23. The lowest BCUT2D eigenvalue weighted by molar-refractivity contribution is -0.148. The van der Waals surface area contributed by atoms with E-state index < -0.39 is 12.1 Å². The Morgan fingerprint density at radius 1 is 1.30 bits per heavy atom. The fraction of sp³-hybridized carbons (Fsp3) is 0.444. The average molecular weight is 316 g/mol. The monoisotopic (exact) mass is 316 g/mol. The highest BCUT2D eigenvalue weighted by molar-refractivity contribution is 5.86. The van der Waals surface area contributed by atoms with Gasteiger partial charge in [0, 0.05) is 16.5 Å². The Hall–Kier alpha value is -2.30. The quantitative estimate of drug-likeness (QED) is 0.641. The SMILES string of the molecule is CCC(Oc1ccc2c3c(c(=O)oc2c1C)CCC3)C(=O)OC. The van der Waals surface area contributed by atoms with E-state index in [1.807, 2.05) is 26.0 Å². The fourth-order valence-electron chi connectivity index (χ4n) is 3.17. The summed E-state index contributed by atoms with van der Waals surface area (Å²) in [7, 11) is 1.34. The van der Waals surface area contributed by atoms with E-state index in [1.165, 1.54) is 7.11 Å². The van der Waals surface area contributed by atoms with Gasteiger partial charge in [0.05, 0.1) is 7.11 Å². The normalized spacial score (nSPS) is 14.6. The minimum Gasteiger partial charge on any atom is -0.478 e. The second-order valence-electron chi connectivity index (χ2n) is 5.80. The summed E-state index contributed by atoms with van der Waals surface area (Å²) in [5.74, 6) is 0.123. The van der Waals surface area contributed by atoms with Gasteiger partial charge in [-0.05, 0) is 50.3 Å². The van der Waals surface area contributed by atoms with E-state index in [9.17, 15) is 9.59 Å². The number of methoxy groups -OCH3 is 1. The number of esters is 1. The van der Waals surface area contributed by atoms with E-state index in [1.54, 1.807) is 0 Å². The fourth-order valence-corrected chi connectivity index (χ4v) is 3.17. The Bertz CT molecular complexity index is 818. The second-order valence-corrected chi connectivity index (χ2v) is 5.80. The molecule has 23 heavy (non-hydrogen) atoms. The molecule has 0 saturated carbocycles. The van der Waals surface area contributed by atoms with Crippen molar-refractivity contribution in [1.29, 1.82) is 0 Å². The van der Waals surface area contributed by atoms with E-state index in [0.717, 1.165) is 41.3 Å². The van der Waals surface area contributed by atoms with Crippen LogP contribution in [0.25, 0.3) is 11.0 Å². The summed E-state index contributed by atoms with van der Waals surface area (Å²) < 4.78 is 16.0. The molecular formula is C18H20O5. The van der Waals surface area contributed by atoms with Crippen molar-refractivity contribution in [2.45, 2.75) is 45.6 Å². The summed E-state index contributed by atoms with van der Waals surface area (Å²) in [6.07, 6.45) is 2.49. The van der Waals surface area contributed by atoms with Crippen molar-refractivity contribution in [3.8, 4) is 5.75 Å². The molecule has 2 aromatic rings. The summed E-state index contributed by atoms with van der Waals surface area (Å²) in [5.41, 5.74) is 2.91. The maximum Gasteiger partial charge on any atom is 0.347 e. The van der Waals surface area contributed by atoms with E-state index in [-0.39, 0.29) is 5.63 Å². The van der Waals surface area contributed by atoms with Crippen molar-refractivity contribution >= 4 is 16.9 Å². The van der Waals surface area contributed by atoms with Crippen LogP contribution >= 0.6 is 0 Å². The Morgan fingerprint density at radius 2 is 2.04 bits per heavy atom. The Kier molecular flexibility index (Phi) is 4.11. The molecule has 1 aromatic heterocycles. The molecule has 5 heteroatoms. The van der Waals surface area contributed by atoms with Gasteiger partial charge >= 0.3 is 11.6 Å². The van der Waals surface area contributed by atoms with Crippen LogP contribution < -0.4 is 10.4 Å². The van der Waals surface area contributed by atoms with Crippen molar-refractivity contribution in [1.82, 2.24) is 0 Å². The molecule has 1 aromatic carbocycles. The number of hydrogen-bond donors (Lipinski definition) is 0. The van der Waals surface area contributed by atoms with Gasteiger partial charge in [0.1, 0.15) is 11.3 Å². The summed E-state index contributed by atoms with van der Waals surface area (Å²) >= 11 is 0. The zero-order valence-electron chi connectivity index (χ0n) is 13.6. The molecule has 0 bridgehead atoms. The minimum absolute atomic E-state index is 0.259. The highest BCUT2D eigenvalue weighted by atomic mass is 16.6. The minimum atomic E-state index is -0.669. The van der Waals surface area contributed by atoms with Gasteiger partial charge in [-0.15, -0.1) is 0 Å². The van der Waals surface area contributed by atoms with Gasteiger partial charge in [-0.2, -0.15) is 0 Å². The Morgan fingerprint density at radius 3 is 2.74 bits per heavy atom. The standard InChI is InChI=1S/C18H20O5/c1-4-14(18(20)21-3)22-15-9-8-12-11-6-5-7-13(11)17(19)23-16(12)10(15)2/h8-9,14H,4-7H2,1-3H3. The number of rotatable bonds is 4. The first-order valence-electron chi connectivity index (χ1n) is 7.89. The molecule has 0 N–H and O–H groups in total. The molecule has 3 rings (SSSR count). The topological polar surface area (TPSA) is 65.7 Å². The first-order valence-corrected chi connectivity index (χ1v) is 7.89. The van der Waals surface area contributed by atoms with Gasteiger partial charge in [-0.25, -0.2) is 9.59 Å². The smallest absolute Gasteiger partial charge is 0.347 e. The van der Waals surface area contributed by atoms with Crippen LogP contribution in [0.15, 0.2) is 21.3 Å². The van der Waals surface area contributed by atoms with E-state index in [0.29, 0.717) is 17.8 Å². The largest absolute Gasteiger partial charge is 0.478 e. The van der Waals surface area contributed by atoms with Gasteiger partial charge in [-0.1, -0.05) is 6.92 Å². The summed E-state index contributed by atoms with van der Waals surface area (Å²) in [4.78, 5) is 23.8. The van der Waals surface area contributed by atoms with Crippen LogP contribution in [0.3, 0.4) is 0 Å². The number of carbonyl (C=O) groups is 1. The van der Waals surface area contributed by atoms with Crippen LogP contribution in [0, 0.1) is 6.92 Å². The second kappa shape index (κ2) is 6.07. The third-order valence-corrected chi connectivity index (χ3v) is 4.44. The summed E-state index contributed by atoms with van der Waals surface area (Å²) in [6, 6.07) is 3.75. The third-order valence-electron chi connectivity index (χ3n) is 4.44. The average Bonchev–Trinajstić information content (AvgIpc) is 3.05. The van der Waals surface area contributed by atoms with E-state index >= 15 is 0 Å². The van der Waals surface area contributed by atoms with Crippen LogP contribution in [-0.2, 0) is 22.4 Å². The van der Waals surface area contributed by atoms with Crippen molar-refractivity contribution in [3.05, 3.63) is 39.2 Å². The molecular weight excluding hydrogens is 296 g/mol. The summed E-state index contributed by atoms with van der Waals surface area (Å²) in [6.45, 7) is 3.69. The maximum absolute atomic E-state index is 12.1. The molecule has 1 aliphatic carbocycles. The van der Waals surface area contributed by atoms with Gasteiger partial charge < -0.3 is 13.9 Å². The molecule has 0 amide bonds. The first-order chi connectivity index (χ1) is 11.1. The van der Waals surface area contributed by atoms with E-state index in [2.05, 4.69) is 0 Å². The van der Waals surface area contributed by atoms with Crippen LogP contribution in [0.5, 0.6) is 5.75 Å². The van der Waals surface area contributed by atoms with Gasteiger partial charge in [0.25, 0.3) is 0 Å². The molecule has 1 aliphatic rings. The highest BCUT2D eigenvalue weighted by Crippen LogP contribution is 2.33. The first kappa shape index (κ1) is 15.6. The predicted octanol–water partition coefficient (Wildman–Crippen LogP) is 2.92. The summed E-state index contributed by atoms with van der Waals surface area (Å²) in [5, 5.41) is 0.966. The van der Waals surface area contributed by atoms with Crippen LogP contribution in [0.1, 0.15) is 36.5 Å². The zero-order chi connectivity index (χ0) is 16.6. The van der Waals surface area contributed by atoms with Crippen molar-refractivity contribution in [2.24, 2.45) is 0 Å². The lowest BCUT2D eigenvalue weighted by atomic mass is 10.0. The molecule has 1 unspecified atom stereocenters. The number of carbonyl (C=O) groups excluding carboxylic acids is 1. The van der Waals surface area contributed by atoms with Gasteiger partial charge in [0.2, 0.25) is 0 Å². The molecule has 0 radical (unpaired) electrons. The van der Waals surface area contributed by atoms with Crippen LogP contribution in [-0.4, -0.2) is 19.2 Å². The molecule has 1 atom stereocenters. The molecule has 0 spiro atoms. The lowest BCUT2D eigenvalue weighted by Gasteiger charge is -2.17. The number of benzene rings is 1. The lowest BCUT2D eigenvalue weighted by Crippen LogP contribution is -2.28. The molecule has 1 heterocycles.